The number of hydrogen-bond acceptors (Lipinski definition) is 2. The van der Waals surface area contributed by atoms with Gasteiger partial charge in [-0.2, -0.15) is 0 Å². The summed E-state index contributed by atoms with van der Waals surface area (Å²) in [6.45, 7) is 11.8. The van der Waals surface area contributed by atoms with Crippen molar-refractivity contribution in [3.8, 4) is 0 Å². The Balaban J connectivity index is 4.09. The minimum Gasteiger partial charge on any atom is -0.371 e. The molecule has 0 aliphatic rings. The summed E-state index contributed by atoms with van der Waals surface area (Å²) >= 11 is 0. The minimum atomic E-state index is -0.0154. The Labute approximate surface area is 83.1 Å². The van der Waals surface area contributed by atoms with Crippen LogP contribution in [0.25, 0.3) is 0 Å². The Kier molecular flexibility index (Phi) is 5.57. The largest absolute Gasteiger partial charge is 0.371 e. The van der Waals surface area contributed by atoms with Crippen LogP contribution in [0, 0.1) is 5.92 Å². The molecule has 1 N–H and O–H groups in total. The highest BCUT2D eigenvalue weighted by Gasteiger charge is 2.25. The van der Waals surface area contributed by atoms with E-state index in [9.17, 15) is 0 Å². The fourth-order valence-electron chi connectivity index (χ4n) is 1.21. The molecule has 13 heavy (non-hydrogen) atoms. The van der Waals surface area contributed by atoms with Crippen molar-refractivity contribution < 1.29 is 4.74 Å². The first-order valence-electron chi connectivity index (χ1n) is 5.27. The molecule has 0 spiro atoms. The van der Waals surface area contributed by atoms with Gasteiger partial charge in [-0.05, 0) is 33.2 Å². The number of rotatable bonds is 6. The molecule has 0 saturated heterocycles. The molecule has 0 aliphatic heterocycles. The quantitative estimate of drug-likeness (QED) is 0.689. The van der Waals surface area contributed by atoms with Crippen LogP contribution < -0.4 is 5.32 Å². The van der Waals surface area contributed by atoms with Crippen molar-refractivity contribution in [2.75, 3.05) is 13.6 Å². The summed E-state index contributed by atoms with van der Waals surface area (Å²) in [5.41, 5.74) is -0.0154. The highest BCUT2D eigenvalue weighted by molar-refractivity contribution is 4.77. The van der Waals surface area contributed by atoms with E-state index < -0.39 is 0 Å². The third-order valence-corrected chi connectivity index (χ3v) is 2.71. The fourth-order valence-corrected chi connectivity index (χ4v) is 1.21. The van der Waals surface area contributed by atoms with E-state index in [-0.39, 0.29) is 5.60 Å². The van der Waals surface area contributed by atoms with Crippen LogP contribution in [0.1, 0.15) is 41.0 Å². The lowest BCUT2D eigenvalue weighted by Crippen LogP contribution is -2.42. The van der Waals surface area contributed by atoms with Crippen LogP contribution in [0.15, 0.2) is 0 Å². The van der Waals surface area contributed by atoms with Gasteiger partial charge in [0.1, 0.15) is 0 Å². The molecule has 0 aromatic heterocycles. The first-order chi connectivity index (χ1) is 5.95. The normalized spacial score (nSPS) is 18.7. The second kappa shape index (κ2) is 5.61. The standard InChI is InChI=1S/C11H25NO/c1-7-11(5,8-12-6)13-10(4)9(2)3/h9-10,12H,7-8H2,1-6H3. The zero-order chi connectivity index (χ0) is 10.5. The minimum absolute atomic E-state index is 0.0154. The van der Waals surface area contributed by atoms with Crippen molar-refractivity contribution in [2.24, 2.45) is 5.92 Å². The van der Waals surface area contributed by atoms with Crippen molar-refractivity contribution >= 4 is 0 Å². The first kappa shape index (κ1) is 12.9. The zero-order valence-electron chi connectivity index (χ0n) is 9.98. The second-order valence-electron chi connectivity index (χ2n) is 4.40. The summed E-state index contributed by atoms with van der Waals surface area (Å²) < 4.78 is 6.03. The smallest absolute Gasteiger partial charge is 0.0779 e. The van der Waals surface area contributed by atoms with Crippen LogP contribution in [-0.4, -0.2) is 25.3 Å². The topological polar surface area (TPSA) is 21.3 Å². The first-order valence-corrected chi connectivity index (χ1v) is 5.27. The Hall–Kier alpha value is -0.0800. The summed E-state index contributed by atoms with van der Waals surface area (Å²) in [6, 6.07) is 0. The Morgan fingerprint density at radius 3 is 2.15 bits per heavy atom. The highest BCUT2D eigenvalue weighted by Crippen LogP contribution is 2.19. The molecule has 0 rings (SSSR count). The van der Waals surface area contributed by atoms with Gasteiger partial charge >= 0.3 is 0 Å². The van der Waals surface area contributed by atoms with E-state index in [2.05, 4.69) is 39.9 Å². The van der Waals surface area contributed by atoms with Gasteiger partial charge in [0, 0.05) is 6.54 Å². The number of hydrogen-bond donors (Lipinski definition) is 1. The maximum absolute atomic E-state index is 6.03. The highest BCUT2D eigenvalue weighted by atomic mass is 16.5. The van der Waals surface area contributed by atoms with Crippen molar-refractivity contribution in [3.05, 3.63) is 0 Å². The molecule has 0 radical (unpaired) electrons. The van der Waals surface area contributed by atoms with Crippen LogP contribution in [0.2, 0.25) is 0 Å². The average molecular weight is 187 g/mol. The molecule has 0 amide bonds. The van der Waals surface area contributed by atoms with Gasteiger partial charge in [0.25, 0.3) is 0 Å². The van der Waals surface area contributed by atoms with Gasteiger partial charge in [0.05, 0.1) is 11.7 Å². The van der Waals surface area contributed by atoms with Gasteiger partial charge in [-0.15, -0.1) is 0 Å². The molecule has 80 valence electrons. The molecule has 0 aliphatic carbocycles. The van der Waals surface area contributed by atoms with Crippen molar-refractivity contribution in [3.63, 3.8) is 0 Å². The second-order valence-corrected chi connectivity index (χ2v) is 4.40. The maximum Gasteiger partial charge on any atom is 0.0779 e. The van der Waals surface area contributed by atoms with Crippen LogP contribution in [-0.2, 0) is 4.74 Å². The third-order valence-electron chi connectivity index (χ3n) is 2.71. The zero-order valence-corrected chi connectivity index (χ0v) is 9.98. The lowest BCUT2D eigenvalue weighted by atomic mass is 10.0. The van der Waals surface area contributed by atoms with Gasteiger partial charge < -0.3 is 10.1 Å². The van der Waals surface area contributed by atoms with E-state index in [1.807, 2.05) is 7.05 Å². The summed E-state index contributed by atoms with van der Waals surface area (Å²) in [6.07, 6.45) is 1.38. The molecule has 0 aromatic rings. The Bertz CT molecular complexity index is 136. The van der Waals surface area contributed by atoms with E-state index in [0.29, 0.717) is 12.0 Å². The number of nitrogens with one attached hydrogen (secondary N) is 1. The monoisotopic (exact) mass is 187 g/mol. The molecular formula is C11H25NO. The van der Waals surface area contributed by atoms with Gasteiger partial charge in [0.15, 0.2) is 0 Å². The van der Waals surface area contributed by atoms with Crippen molar-refractivity contribution in [1.82, 2.24) is 5.32 Å². The summed E-state index contributed by atoms with van der Waals surface area (Å²) in [5.74, 6) is 0.586. The number of likely N-dealkylation sites (N-methyl/N-ethyl adjacent to an activating group) is 1. The van der Waals surface area contributed by atoms with Crippen LogP contribution >= 0.6 is 0 Å². The SMILES string of the molecule is CCC(C)(CNC)OC(C)C(C)C. The lowest BCUT2D eigenvalue weighted by Gasteiger charge is -2.33. The molecule has 2 atom stereocenters. The summed E-state index contributed by atoms with van der Waals surface area (Å²) in [4.78, 5) is 0. The Morgan fingerprint density at radius 2 is 1.85 bits per heavy atom. The Morgan fingerprint density at radius 1 is 1.31 bits per heavy atom. The van der Waals surface area contributed by atoms with E-state index >= 15 is 0 Å². The molecule has 0 heterocycles. The van der Waals surface area contributed by atoms with Crippen molar-refractivity contribution in [2.45, 2.75) is 52.7 Å². The van der Waals surface area contributed by atoms with E-state index in [0.717, 1.165) is 13.0 Å². The van der Waals surface area contributed by atoms with Crippen LogP contribution in [0.3, 0.4) is 0 Å². The fraction of sp³-hybridized carbons (Fsp3) is 1.00. The summed E-state index contributed by atoms with van der Waals surface area (Å²) in [7, 11) is 1.97. The lowest BCUT2D eigenvalue weighted by molar-refractivity contribution is -0.0916. The van der Waals surface area contributed by atoms with Gasteiger partial charge in [-0.25, -0.2) is 0 Å². The maximum atomic E-state index is 6.03. The molecular weight excluding hydrogens is 162 g/mol. The van der Waals surface area contributed by atoms with E-state index in [1.54, 1.807) is 0 Å². The van der Waals surface area contributed by atoms with Crippen molar-refractivity contribution in [1.29, 1.82) is 0 Å². The van der Waals surface area contributed by atoms with E-state index in [4.69, 9.17) is 4.74 Å². The molecule has 0 aromatic carbocycles. The predicted molar refractivity (Wildman–Crippen MR) is 58.0 cm³/mol. The number of ether oxygens (including phenoxy) is 1. The molecule has 0 bridgehead atoms. The average Bonchev–Trinajstić information content (AvgIpc) is 2.04. The summed E-state index contributed by atoms with van der Waals surface area (Å²) in [5, 5.41) is 3.18. The molecule has 2 nitrogen and oxygen atoms in total. The molecule has 0 fully saturated rings. The molecule has 2 unspecified atom stereocenters. The third kappa shape index (κ3) is 4.63. The van der Waals surface area contributed by atoms with Crippen LogP contribution in [0.5, 0.6) is 0 Å². The molecule has 0 saturated carbocycles. The van der Waals surface area contributed by atoms with Gasteiger partial charge in [0.2, 0.25) is 0 Å². The van der Waals surface area contributed by atoms with Gasteiger partial charge in [-0.3, -0.25) is 0 Å². The van der Waals surface area contributed by atoms with E-state index in [1.165, 1.54) is 0 Å². The molecule has 2 heteroatoms. The van der Waals surface area contributed by atoms with Crippen LogP contribution in [0.4, 0.5) is 0 Å². The predicted octanol–water partition coefficient (Wildman–Crippen LogP) is 2.44. The van der Waals surface area contributed by atoms with Gasteiger partial charge in [-0.1, -0.05) is 20.8 Å².